The molecule has 1 aromatic heterocycles. The van der Waals surface area contributed by atoms with Crippen molar-refractivity contribution in [1.29, 1.82) is 0 Å². The van der Waals surface area contributed by atoms with Gasteiger partial charge in [-0.15, -0.1) is 0 Å². The molecule has 0 radical (unpaired) electrons. The van der Waals surface area contributed by atoms with Crippen molar-refractivity contribution >= 4 is 11.6 Å². The standard InChI is InChI=1S/C12H23N5O/c1-8(2)10(7-16(3)4)14-12(18)11-9(13)6-17(5)15-11/h6,8,10H,7,13H2,1-5H3,(H,14,18). The number of hydrogen-bond donors (Lipinski definition) is 2. The minimum Gasteiger partial charge on any atom is -0.396 e. The van der Waals surface area contributed by atoms with Gasteiger partial charge in [-0.1, -0.05) is 13.8 Å². The number of nitrogens with zero attached hydrogens (tertiary/aromatic N) is 3. The van der Waals surface area contributed by atoms with Gasteiger partial charge in [0.2, 0.25) is 0 Å². The maximum Gasteiger partial charge on any atom is 0.274 e. The lowest BCUT2D eigenvalue weighted by Crippen LogP contribution is -2.45. The van der Waals surface area contributed by atoms with E-state index >= 15 is 0 Å². The summed E-state index contributed by atoms with van der Waals surface area (Å²) in [6.45, 7) is 4.95. The molecule has 1 unspecified atom stereocenters. The number of aryl methyl sites for hydroxylation is 1. The number of aromatic nitrogens is 2. The lowest BCUT2D eigenvalue weighted by Gasteiger charge is -2.25. The molecule has 0 saturated heterocycles. The lowest BCUT2D eigenvalue weighted by atomic mass is 10.0. The van der Waals surface area contributed by atoms with Gasteiger partial charge in [-0.25, -0.2) is 0 Å². The third kappa shape index (κ3) is 3.73. The number of rotatable bonds is 5. The number of hydrogen-bond acceptors (Lipinski definition) is 4. The van der Waals surface area contributed by atoms with Gasteiger partial charge in [0.25, 0.3) is 5.91 Å². The molecule has 0 aliphatic heterocycles. The van der Waals surface area contributed by atoms with Gasteiger partial charge in [0, 0.05) is 25.8 Å². The predicted molar refractivity (Wildman–Crippen MR) is 72.3 cm³/mol. The highest BCUT2D eigenvalue weighted by Gasteiger charge is 2.21. The zero-order chi connectivity index (χ0) is 13.9. The minimum absolute atomic E-state index is 0.0777. The molecular formula is C12H23N5O. The molecule has 1 aromatic rings. The molecule has 3 N–H and O–H groups in total. The van der Waals surface area contributed by atoms with Crippen LogP contribution < -0.4 is 11.1 Å². The molecule has 6 nitrogen and oxygen atoms in total. The van der Waals surface area contributed by atoms with Crippen molar-refractivity contribution in [3.8, 4) is 0 Å². The van der Waals surface area contributed by atoms with Crippen LogP contribution in [0.15, 0.2) is 6.20 Å². The average Bonchev–Trinajstić information content (AvgIpc) is 2.56. The number of nitrogens with one attached hydrogen (secondary N) is 1. The molecule has 0 saturated carbocycles. The van der Waals surface area contributed by atoms with Gasteiger partial charge < -0.3 is 16.0 Å². The predicted octanol–water partition coefficient (Wildman–Crippen LogP) is 0.318. The first-order valence-corrected chi connectivity index (χ1v) is 6.06. The lowest BCUT2D eigenvalue weighted by molar-refractivity contribution is 0.0911. The molecule has 1 rings (SSSR count). The van der Waals surface area contributed by atoms with Crippen LogP contribution >= 0.6 is 0 Å². The molecule has 6 heteroatoms. The fourth-order valence-electron chi connectivity index (χ4n) is 1.74. The van der Waals surface area contributed by atoms with Gasteiger partial charge in [-0.3, -0.25) is 9.48 Å². The third-order valence-corrected chi connectivity index (χ3v) is 2.76. The summed E-state index contributed by atoms with van der Waals surface area (Å²) in [5.74, 6) is 0.134. The second-order valence-corrected chi connectivity index (χ2v) is 5.19. The Labute approximate surface area is 108 Å². The Morgan fingerprint density at radius 2 is 2.17 bits per heavy atom. The molecular weight excluding hydrogens is 230 g/mol. The van der Waals surface area contributed by atoms with Gasteiger partial charge >= 0.3 is 0 Å². The van der Waals surface area contributed by atoms with Crippen molar-refractivity contribution in [3.05, 3.63) is 11.9 Å². The van der Waals surface area contributed by atoms with Gasteiger partial charge in [0.05, 0.1) is 5.69 Å². The first kappa shape index (κ1) is 14.5. The first-order valence-electron chi connectivity index (χ1n) is 6.06. The van der Waals surface area contributed by atoms with Crippen LogP contribution in [0.3, 0.4) is 0 Å². The number of nitrogens with two attached hydrogens (primary N) is 1. The van der Waals surface area contributed by atoms with E-state index in [4.69, 9.17) is 5.73 Å². The van der Waals surface area contributed by atoms with Crippen LogP contribution in [-0.4, -0.2) is 47.3 Å². The quantitative estimate of drug-likeness (QED) is 0.792. The van der Waals surface area contributed by atoms with Crippen molar-refractivity contribution in [1.82, 2.24) is 20.0 Å². The Bertz CT molecular complexity index is 411. The van der Waals surface area contributed by atoms with E-state index in [0.717, 1.165) is 6.54 Å². The highest BCUT2D eigenvalue weighted by atomic mass is 16.2. The normalized spacial score (nSPS) is 13.1. The molecule has 1 atom stereocenters. The van der Waals surface area contributed by atoms with Crippen molar-refractivity contribution < 1.29 is 4.79 Å². The van der Waals surface area contributed by atoms with Crippen LogP contribution in [0.5, 0.6) is 0 Å². The maximum absolute atomic E-state index is 12.1. The van der Waals surface area contributed by atoms with E-state index in [0.29, 0.717) is 17.3 Å². The Morgan fingerprint density at radius 1 is 1.56 bits per heavy atom. The first-order chi connectivity index (χ1) is 8.31. The molecule has 0 bridgehead atoms. The van der Waals surface area contributed by atoms with Crippen molar-refractivity contribution in [2.24, 2.45) is 13.0 Å². The Kier molecular flexibility index (Phi) is 4.72. The number of nitrogen functional groups attached to an aromatic ring is 1. The summed E-state index contributed by atoms with van der Waals surface area (Å²) < 4.78 is 1.54. The molecule has 0 aliphatic carbocycles. The van der Waals surface area contributed by atoms with E-state index < -0.39 is 0 Å². The molecule has 0 aliphatic rings. The molecule has 0 fully saturated rings. The van der Waals surface area contributed by atoms with E-state index in [1.807, 2.05) is 19.0 Å². The second-order valence-electron chi connectivity index (χ2n) is 5.19. The van der Waals surface area contributed by atoms with Crippen molar-refractivity contribution in [2.75, 3.05) is 26.4 Å². The Morgan fingerprint density at radius 3 is 2.56 bits per heavy atom. The van der Waals surface area contributed by atoms with Crippen LogP contribution in [-0.2, 0) is 7.05 Å². The number of likely N-dealkylation sites (N-methyl/N-ethyl adjacent to an activating group) is 1. The maximum atomic E-state index is 12.1. The van der Waals surface area contributed by atoms with Gasteiger partial charge in [-0.05, 0) is 20.0 Å². The third-order valence-electron chi connectivity index (χ3n) is 2.76. The summed E-state index contributed by atoms with van der Waals surface area (Å²) in [6.07, 6.45) is 1.63. The summed E-state index contributed by atoms with van der Waals surface area (Å²) in [4.78, 5) is 14.1. The summed E-state index contributed by atoms with van der Waals surface area (Å²) >= 11 is 0. The molecule has 1 amide bonds. The van der Waals surface area contributed by atoms with E-state index in [9.17, 15) is 4.79 Å². The SMILES string of the molecule is CC(C)C(CN(C)C)NC(=O)c1nn(C)cc1N. The number of anilines is 1. The smallest absolute Gasteiger partial charge is 0.274 e. The van der Waals surface area contributed by atoms with Gasteiger partial charge in [0.1, 0.15) is 0 Å². The highest BCUT2D eigenvalue weighted by Crippen LogP contribution is 2.10. The average molecular weight is 253 g/mol. The minimum atomic E-state index is -0.214. The fourth-order valence-corrected chi connectivity index (χ4v) is 1.74. The van der Waals surface area contributed by atoms with Crippen LogP contribution in [0, 0.1) is 5.92 Å². The monoisotopic (exact) mass is 253 g/mol. The topological polar surface area (TPSA) is 76.2 Å². The molecule has 18 heavy (non-hydrogen) atoms. The van der Waals surface area contributed by atoms with Crippen LogP contribution in [0.25, 0.3) is 0 Å². The molecule has 0 spiro atoms. The van der Waals surface area contributed by atoms with E-state index in [2.05, 4.69) is 24.3 Å². The number of amides is 1. The number of carbonyl (C=O) groups is 1. The van der Waals surface area contributed by atoms with Crippen LogP contribution in [0.1, 0.15) is 24.3 Å². The van der Waals surface area contributed by atoms with E-state index in [1.54, 1.807) is 17.9 Å². The zero-order valence-corrected chi connectivity index (χ0v) is 11.8. The van der Waals surface area contributed by atoms with Gasteiger partial charge in [0.15, 0.2) is 5.69 Å². The molecule has 102 valence electrons. The van der Waals surface area contributed by atoms with Crippen molar-refractivity contribution in [3.63, 3.8) is 0 Å². The summed E-state index contributed by atoms with van der Waals surface area (Å²) in [5, 5.41) is 7.05. The van der Waals surface area contributed by atoms with Crippen LogP contribution in [0.4, 0.5) is 5.69 Å². The van der Waals surface area contributed by atoms with E-state index in [1.165, 1.54) is 0 Å². The summed E-state index contributed by atoms with van der Waals surface area (Å²) in [5.41, 5.74) is 6.44. The number of carbonyl (C=O) groups excluding carboxylic acids is 1. The zero-order valence-electron chi connectivity index (χ0n) is 11.8. The van der Waals surface area contributed by atoms with E-state index in [-0.39, 0.29) is 11.9 Å². The summed E-state index contributed by atoms with van der Waals surface area (Å²) in [6, 6.07) is 0.0777. The largest absolute Gasteiger partial charge is 0.396 e. The van der Waals surface area contributed by atoms with Crippen LogP contribution in [0.2, 0.25) is 0 Å². The molecule has 1 heterocycles. The second kappa shape index (κ2) is 5.86. The molecule has 0 aromatic carbocycles. The Hall–Kier alpha value is -1.56. The van der Waals surface area contributed by atoms with Gasteiger partial charge in [-0.2, -0.15) is 5.10 Å². The highest BCUT2D eigenvalue weighted by molar-refractivity contribution is 5.97. The fraction of sp³-hybridized carbons (Fsp3) is 0.667. The van der Waals surface area contributed by atoms with Crippen molar-refractivity contribution in [2.45, 2.75) is 19.9 Å². The summed E-state index contributed by atoms with van der Waals surface area (Å²) in [7, 11) is 5.71. The Balaban J connectivity index is 2.75.